The summed E-state index contributed by atoms with van der Waals surface area (Å²) in [6, 6.07) is 0.957. The van der Waals surface area contributed by atoms with E-state index >= 15 is 0 Å². The molecule has 1 saturated heterocycles. The molecule has 1 aliphatic heterocycles. The normalized spacial score (nSPS) is 24.0. The van der Waals surface area contributed by atoms with Crippen molar-refractivity contribution in [2.24, 2.45) is 11.7 Å². The van der Waals surface area contributed by atoms with Crippen LogP contribution in [-0.2, 0) is 4.74 Å². The first-order valence-electron chi connectivity index (χ1n) is 6.17. The summed E-state index contributed by atoms with van der Waals surface area (Å²) in [7, 11) is 1.79. The maximum atomic E-state index is 5.94. The zero-order chi connectivity index (χ0) is 11.3. The van der Waals surface area contributed by atoms with Crippen LogP contribution in [0, 0.1) is 5.92 Å². The van der Waals surface area contributed by atoms with Gasteiger partial charge in [-0.25, -0.2) is 0 Å². The van der Waals surface area contributed by atoms with Crippen LogP contribution in [-0.4, -0.2) is 43.8 Å². The fraction of sp³-hybridized carbons (Fsp3) is 1.00. The maximum absolute atomic E-state index is 5.94. The summed E-state index contributed by atoms with van der Waals surface area (Å²) < 4.78 is 5.26. The third-order valence-corrected chi connectivity index (χ3v) is 3.66. The lowest BCUT2D eigenvalue weighted by Crippen LogP contribution is -2.46. The van der Waals surface area contributed by atoms with Crippen molar-refractivity contribution in [3.05, 3.63) is 0 Å². The van der Waals surface area contributed by atoms with Gasteiger partial charge in [-0.15, -0.1) is 0 Å². The Morgan fingerprint density at radius 3 is 2.40 bits per heavy atom. The molecule has 0 aliphatic carbocycles. The molecule has 15 heavy (non-hydrogen) atoms. The molecule has 2 atom stereocenters. The highest BCUT2D eigenvalue weighted by molar-refractivity contribution is 4.81. The second-order valence-corrected chi connectivity index (χ2v) is 4.75. The monoisotopic (exact) mass is 214 g/mol. The Balaban J connectivity index is 2.35. The Morgan fingerprint density at radius 2 is 2.00 bits per heavy atom. The van der Waals surface area contributed by atoms with Gasteiger partial charge in [0.15, 0.2) is 0 Å². The number of nitrogens with two attached hydrogens (primary N) is 1. The molecule has 0 bridgehead atoms. The van der Waals surface area contributed by atoms with Gasteiger partial charge in [0, 0.05) is 19.2 Å². The first-order chi connectivity index (χ1) is 7.19. The summed E-state index contributed by atoms with van der Waals surface area (Å²) in [5.74, 6) is 0.723. The van der Waals surface area contributed by atoms with Crippen LogP contribution in [0.5, 0.6) is 0 Å². The topological polar surface area (TPSA) is 38.5 Å². The van der Waals surface area contributed by atoms with Gasteiger partial charge < -0.3 is 10.5 Å². The van der Waals surface area contributed by atoms with Gasteiger partial charge in [0.05, 0.1) is 6.61 Å². The summed E-state index contributed by atoms with van der Waals surface area (Å²) >= 11 is 0. The molecule has 1 aliphatic rings. The summed E-state index contributed by atoms with van der Waals surface area (Å²) in [4.78, 5) is 2.56. The van der Waals surface area contributed by atoms with E-state index in [1.54, 1.807) is 7.11 Å². The van der Waals surface area contributed by atoms with Crippen molar-refractivity contribution in [2.45, 2.75) is 45.2 Å². The third-order valence-electron chi connectivity index (χ3n) is 3.66. The summed E-state index contributed by atoms with van der Waals surface area (Å²) in [5.41, 5.74) is 5.94. The van der Waals surface area contributed by atoms with Gasteiger partial charge in [0.1, 0.15) is 0 Å². The molecule has 0 spiro atoms. The fourth-order valence-corrected chi connectivity index (χ4v) is 2.48. The number of methoxy groups -OCH3 is 1. The van der Waals surface area contributed by atoms with E-state index in [0.29, 0.717) is 12.1 Å². The van der Waals surface area contributed by atoms with Gasteiger partial charge in [-0.05, 0) is 45.2 Å². The van der Waals surface area contributed by atoms with E-state index in [0.717, 1.165) is 12.5 Å². The van der Waals surface area contributed by atoms with E-state index in [-0.39, 0.29) is 0 Å². The zero-order valence-corrected chi connectivity index (χ0v) is 10.4. The summed E-state index contributed by atoms with van der Waals surface area (Å²) in [6.45, 7) is 7.61. The van der Waals surface area contributed by atoms with Crippen LogP contribution < -0.4 is 5.73 Å². The van der Waals surface area contributed by atoms with Gasteiger partial charge in [0.25, 0.3) is 0 Å². The fourth-order valence-electron chi connectivity index (χ4n) is 2.48. The van der Waals surface area contributed by atoms with Crippen LogP contribution in [0.4, 0.5) is 0 Å². The Bertz CT molecular complexity index is 165. The van der Waals surface area contributed by atoms with Crippen molar-refractivity contribution >= 4 is 0 Å². The van der Waals surface area contributed by atoms with Gasteiger partial charge in [-0.1, -0.05) is 6.92 Å². The van der Waals surface area contributed by atoms with Crippen LogP contribution in [0.15, 0.2) is 0 Å². The Morgan fingerprint density at radius 1 is 1.40 bits per heavy atom. The molecule has 1 heterocycles. The average molecular weight is 214 g/mol. The molecule has 1 rings (SSSR count). The standard InChI is InChI=1S/C12H26N2O/c1-4-12(9-15-3)14-7-5-11(6-8-14)10(2)13/h10-12H,4-9,13H2,1-3H3. The Labute approximate surface area is 94.0 Å². The van der Waals surface area contributed by atoms with Crippen molar-refractivity contribution in [1.82, 2.24) is 4.90 Å². The second-order valence-electron chi connectivity index (χ2n) is 4.75. The minimum absolute atomic E-state index is 0.356. The molecule has 2 unspecified atom stereocenters. The lowest BCUT2D eigenvalue weighted by Gasteiger charge is -2.38. The lowest BCUT2D eigenvalue weighted by molar-refractivity contribution is 0.0599. The third kappa shape index (κ3) is 3.74. The quantitative estimate of drug-likeness (QED) is 0.753. The SMILES string of the molecule is CCC(COC)N1CCC(C(C)N)CC1. The minimum atomic E-state index is 0.356. The molecule has 0 aromatic heterocycles. The first-order valence-corrected chi connectivity index (χ1v) is 6.17. The highest BCUT2D eigenvalue weighted by atomic mass is 16.5. The average Bonchev–Trinajstić information content (AvgIpc) is 2.26. The number of nitrogens with zero attached hydrogens (tertiary/aromatic N) is 1. The number of ether oxygens (including phenoxy) is 1. The van der Waals surface area contributed by atoms with E-state index in [1.807, 2.05) is 0 Å². The second kappa shape index (κ2) is 6.46. The molecule has 0 radical (unpaired) electrons. The molecule has 3 nitrogen and oxygen atoms in total. The molecule has 0 amide bonds. The number of hydrogen-bond acceptors (Lipinski definition) is 3. The van der Waals surface area contributed by atoms with Crippen molar-refractivity contribution in [3.63, 3.8) is 0 Å². The maximum Gasteiger partial charge on any atom is 0.0617 e. The van der Waals surface area contributed by atoms with Crippen LogP contribution in [0.2, 0.25) is 0 Å². The van der Waals surface area contributed by atoms with E-state index in [2.05, 4.69) is 18.7 Å². The van der Waals surface area contributed by atoms with E-state index < -0.39 is 0 Å². The van der Waals surface area contributed by atoms with Crippen molar-refractivity contribution < 1.29 is 4.74 Å². The summed E-state index contributed by atoms with van der Waals surface area (Å²) in [5, 5.41) is 0. The highest BCUT2D eigenvalue weighted by Crippen LogP contribution is 2.21. The van der Waals surface area contributed by atoms with Crippen molar-refractivity contribution in [3.8, 4) is 0 Å². The van der Waals surface area contributed by atoms with Gasteiger partial charge in [-0.2, -0.15) is 0 Å². The molecular weight excluding hydrogens is 188 g/mol. The molecule has 0 saturated carbocycles. The van der Waals surface area contributed by atoms with Crippen LogP contribution in [0.25, 0.3) is 0 Å². The van der Waals surface area contributed by atoms with Crippen molar-refractivity contribution in [1.29, 1.82) is 0 Å². The van der Waals surface area contributed by atoms with Gasteiger partial charge in [-0.3, -0.25) is 4.90 Å². The lowest BCUT2D eigenvalue weighted by atomic mass is 9.90. The van der Waals surface area contributed by atoms with Crippen LogP contribution in [0.1, 0.15) is 33.1 Å². The molecule has 90 valence electrons. The predicted octanol–water partition coefficient (Wildman–Crippen LogP) is 1.47. The van der Waals surface area contributed by atoms with E-state index in [9.17, 15) is 0 Å². The number of hydrogen-bond donors (Lipinski definition) is 1. The molecule has 0 aromatic carbocycles. The minimum Gasteiger partial charge on any atom is -0.383 e. The molecular formula is C12H26N2O. The predicted molar refractivity (Wildman–Crippen MR) is 63.9 cm³/mol. The summed E-state index contributed by atoms with van der Waals surface area (Å²) in [6.07, 6.45) is 3.67. The van der Waals surface area contributed by atoms with Crippen LogP contribution >= 0.6 is 0 Å². The zero-order valence-electron chi connectivity index (χ0n) is 10.4. The van der Waals surface area contributed by atoms with E-state index in [4.69, 9.17) is 10.5 Å². The smallest absolute Gasteiger partial charge is 0.0617 e. The van der Waals surface area contributed by atoms with E-state index in [1.165, 1.54) is 32.4 Å². The molecule has 3 heteroatoms. The first kappa shape index (κ1) is 12.9. The largest absolute Gasteiger partial charge is 0.383 e. The molecule has 2 N–H and O–H groups in total. The molecule has 1 fully saturated rings. The van der Waals surface area contributed by atoms with Gasteiger partial charge in [0.2, 0.25) is 0 Å². The highest BCUT2D eigenvalue weighted by Gasteiger charge is 2.25. The Kier molecular flexibility index (Phi) is 5.58. The number of piperidine rings is 1. The molecule has 0 aromatic rings. The van der Waals surface area contributed by atoms with Gasteiger partial charge >= 0.3 is 0 Å². The Hall–Kier alpha value is -0.120. The van der Waals surface area contributed by atoms with Crippen LogP contribution in [0.3, 0.4) is 0 Å². The van der Waals surface area contributed by atoms with Crippen molar-refractivity contribution in [2.75, 3.05) is 26.8 Å². The number of rotatable bonds is 5. The number of likely N-dealkylation sites (tertiary alicyclic amines) is 1.